The number of hydrogen-bond donors (Lipinski definition) is 2. The monoisotopic (exact) mass is 219 g/mol. The van der Waals surface area contributed by atoms with Crippen LogP contribution >= 0.6 is 11.8 Å². The van der Waals surface area contributed by atoms with Crippen LogP contribution in [0.3, 0.4) is 0 Å². The Morgan fingerprint density at radius 3 is 2.71 bits per heavy atom. The minimum absolute atomic E-state index is 0.313. The van der Waals surface area contributed by atoms with Gasteiger partial charge in [-0.05, 0) is 31.5 Å². The normalized spacial score (nSPS) is 12.4. The Morgan fingerprint density at radius 1 is 1.50 bits per heavy atom. The van der Waals surface area contributed by atoms with Gasteiger partial charge in [0, 0.05) is 13.0 Å². The number of nitrogens with zero attached hydrogens (tertiary/aromatic N) is 2. The smallest absolute Gasteiger partial charge is 0.140 e. The Morgan fingerprint density at radius 2 is 2.21 bits per heavy atom. The highest BCUT2D eigenvalue weighted by atomic mass is 32.2. The molecule has 0 saturated carbocycles. The molecule has 0 aliphatic rings. The lowest BCUT2D eigenvalue weighted by atomic mass is 10.3. The van der Waals surface area contributed by atoms with Gasteiger partial charge in [0.05, 0.1) is 0 Å². The average molecular weight is 219 g/mol. The third kappa shape index (κ3) is 7.03. The molecule has 0 aliphatic carbocycles. The van der Waals surface area contributed by atoms with Crippen molar-refractivity contribution in [3.05, 3.63) is 0 Å². The third-order valence-electron chi connectivity index (χ3n) is 2.08. The highest BCUT2D eigenvalue weighted by Crippen LogP contribution is 1.99. The van der Waals surface area contributed by atoms with Crippen LogP contribution < -0.4 is 5.73 Å². The van der Waals surface area contributed by atoms with Gasteiger partial charge in [0.2, 0.25) is 0 Å². The average Bonchev–Trinajstić information content (AvgIpc) is 2.22. The highest BCUT2D eigenvalue weighted by molar-refractivity contribution is 7.98. The van der Waals surface area contributed by atoms with Crippen molar-refractivity contribution in [2.24, 2.45) is 10.9 Å². The molecule has 5 heteroatoms. The summed E-state index contributed by atoms with van der Waals surface area (Å²) in [5.41, 5.74) is 5.40. The van der Waals surface area contributed by atoms with Crippen LogP contribution in [0, 0.1) is 0 Å². The van der Waals surface area contributed by atoms with Gasteiger partial charge in [-0.15, -0.1) is 0 Å². The molecule has 4 nitrogen and oxygen atoms in total. The van der Waals surface area contributed by atoms with Crippen molar-refractivity contribution in [1.29, 1.82) is 0 Å². The lowest BCUT2D eigenvalue weighted by Crippen LogP contribution is -2.29. The van der Waals surface area contributed by atoms with Crippen molar-refractivity contribution in [2.45, 2.75) is 19.8 Å². The minimum Gasteiger partial charge on any atom is -0.409 e. The van der Waals surface area contributed by atoms with Gasteiger partial charge < -0.3 is 15.8 Å². The Hall–Kier alpha value is -0.420. The maximum absolute atomic E-state index is 8.38. The maximum atomic E-state index is 8.38. The van der Waals surface area contributed by atoms with Crippen LogP contribution in [0.4, 0.5) is 0 Å². The quantitative estimate of drug-likeness (QED) is 0.212. The zero-order valence-electron chi connectivity index (χ0n) is 9.07. The number of amidine groups is 1. The van der Waals surface area contributed by atoms with Gasteiger partial charge in [0.15, 0.2) is 0 Å². The van der Waals surface area contributed by atoms with E-state index in [1.165, 1.54) is 12.2 Å². The van der Waals surface area contributed by atoms with Gasteiger partial charge in [-0.25, -0.2) is 0 Å². The molecule has 0 fully saturated rings. The largest absolute Gasteiger partial charge is 0.409 e. The number of thioether (sulfide) groups is 1. The second-order valence-corrected chi connectivity index (χ2v) is 4.11. The number of oxime groups is 1. The van der Waals surface area contributed by atoms with E-state index in [-0.39, 0.29) is 0 Å². The topological polar surface area (TPSA) is 61.8 Å². The second-order valence-electron chi connectivity index (χ2n) is 3.12. The first kappa shape index (κ1) is 13.6. The maximum Gasteiger partial charge on any atom is 0.140 e. The molecule has 0 aliphatic heterocycles. The number of hydrogen-bond acceptors (Lipinski definition) is 4. The number of nitrogens with two attached hydrogens (primary N) is 1. The molecule has 0 heterocycles. The number of rotatable bonds is 8. The standard InChI is InChI=1S/C9H21N3OS/c1-3-12(6-4-8-14-2)7-5-9(10)11-13/h13H,3-8H2,1-2H3,(H2,10,11). The van der Waals surface area contributed by atoms with E-state index < -0.39 is 0 Å². The molecular formula is C9H21N3OS. The van der Waals surface area contributed by atoms with Crippen molar-refractivity contribution in [1.82, 2.24) is 4.90 Å². The van der Waals surface area contributed by atoms with E-state index in [2.05, 4.69) is 23.2 Å². The van der Waals surface area contributed by atoms with Crippen molar-refractivity contribution in [3.8, 4) is 0 Å². The summed E-state index contributed by atoms with van der Waals surface area (Å²) in [4.78, 5) is 2.31. The summed E-state index contributed by atoms with van der Waals surface area (Å²) in [6, 6.07) is 0. The van der Waals surface area contributed by atoms with Crippen LogP contribution in [0.15, 0.2) is 5.16 Å². The summed E-state index contributed by atoms with van der Waals surface area (Å²) < 4.78 is 0. The summed E-state index contributed by atoms with van der Waals surface area (Å²) in [5.74, 6) is 1.51. The summed E-state index contributed by atoms with van der Waals surface area (Å²) >= 11 is 1.87. The fourth-order valence-electron chi connectivity index (χ4n) is 1.18. The fraction of sp³-hybridized carbons (Fsp3) is 0.889. The summed E-state index contributed by atoms with van der Waals surface area (Å²) in [6.45, 7) is 5.12. The molecule has 0 spiro atoms. The van der Waals surface area contributed by atoms with Gasteiger partial charge in [-0.1, -0.05) is 12.1 Å². The van der Waals surface area contributed by atoms with Gasteiger partial charge in [-0.2, -0.15) is 11.8 Å². The molecule has 0 amide bonds. The molecule has 0 bridgehead atoms. The van der Waals surface area contributed by atoms with E-state index in [4.69, 9.17) is 10.9 Å². The second kappa shape index (κ2) is 9.15. The van der Waals surface area contributed by atoms with Crippen molar-refractivity contribution < 1.29 is 5.21 Å². The first-order valence-electron chi connectivity index (χ1n) is 4.92. The van der Waals surface area contributed by atoms with Crippen molar-refractivity contribution in [2.75, 3.05) is 31.6 Å². The van der Waals surface area contributed by atoms with E-state index in [1.54, 1.807) is 0 Å². The van der Waals surface area contributed by atoms with Crippen LogP contribution in [0.1, 0.15) is 19.8 Å². The van der Waals surface area contributed by atoms with E-state index in [0.29, 0.717) is 12.3 Å². The van der Waals surface area contributed by atoms with Crippen LogP contribution in [0.2, 0.25) is 0 Å². The first-order valence-corrected chi connectivity index (χ1v) is 6.31. The van der Waals surface area contributed by atoms with Crippen molar-refractivity contribution in [3.63, 3.8) is 0 Å². The fourth-order valence-corrected chi connectivity index (χ4v) is 1.60. The predicted molar refractivity (Wildman–Crippen MR) is 63.1 cm³/mol. The molecule has 14 heavy (non-hydrogen) atoms. The van der Waals surface area contributed by atoms with Crippen LogP contribution in [0.5, 0.6) is 0 Å². The minimum atomic E-state index is 0.313. The summed E-state index contributed by atoms with van der Waals surface area (Å²) in [5, 5.41) is 11.3. The molecule has 0 aromatic rings. The Labute approximate surface area is 90.5 Å². The van der Waals surface area contributed by atoms with Gasteiger partial charge >= 0.3 is 0 Å². The third-order valence-corrected chi connectivity index (χ3v) is 2.78. The van der Waals surface area contributed by atoms with Crippen LogP contribution in [0.25, 0.3) is 0 Å². The summed E-state index contributed by atoms with van der Waals surface area (Å²) in [7, 11) is 0. The van der Waals surface area contributed by atoms with Crippen LogP contribution in [-0.4, -0.2) is 47.6 Å². The molecule has 0 aromatic heterocycles. The molecule has 0 unspecified atom stereocenters. The Balaban J connectivity index is 3.57. The molecule has 0 aromatic carbocycles. The molecular weight excluding hydrogens is 198 g/mol. The van der Waals surface area contributed by atoms with E-state index in [9.17, 15) is 0 Å². The molecule has 0 rings (SSSR count). The molecule has 84 valence electrons. The molecule has 0 atom stereocenters. The Bertz CT molecular complexity index is 164. The first-order chi connectivity index (χ1) is 6.74. The predicted octanol–water partition coefficient (Wildman–Crippen LogP) is 1.20. The highest BCUT2D eigenvalue weighted by Gasteiger charge is 2.02. The van der Waals surface area contributed by atoms with E-state index in [1.807, 2.05) is 11.8 Å². The van der Waals surface area contributed by atoms with Crippen LogP contribution in [-0.2, 0) is 0 Å². The molecule has 3 N–H and O–H groups in total. The molecule has 0 radical (unpaired) electrons. The van der Waals surface area contributed by atoms with Crippen molar-refractivity contribution >= 4 is 17.6 Å². The van der Waals surface area contributed by atoms with E-state index >= 15 is 0 Å². The van der Waals surface area contributed by atoms with E-state index in [0.717, 1.165) is 19.6 Å². The summed E-state index contributed by atoms with van der Waals surface area (Å²) in [6.07, 6.45) is 3.96. The Kier molecular flexibility index (Phi) is 8.87. The van der Waals surface area contributed by atoms with Gasteiger partial charge in [-0.3, -0.25) is 0 Å². The SMILES string of the molecule is CCN(CCCSC)CCC(N)=NO. The van der Waals surface area contributed by atoms with Gasteiger partial charge in [0.1, 0.15) is 5.84 Å². The zero-order valence-corrected chi connectivity index (χ0v) is 9.89. The van der Waals surface area contributed by atoms with Gasteiger partial charge in [0.25, 0.3) is 0 Å². The zero-order chi connectivity index (χ0) is 10.8. The lowest BCUT2D eigenvalue weighted by molar-refractivity contribution is 0.291. The lowest BCUT2D eigenvalue weighted by Gasteiger charge is -2.19. The molecule has 0 saturated heterocycles.